The molecular weight excluding hydrogens is 288 g/mol. The molecule has 23 heavy (non-hydrogen) atoms. The van der Waals surface area contributed by atoms with Gasteiger partial charge in [0.15, 0.2) is 0 Å². The summed E-state index contributed by atoms with van der Waals surface area (Å²) < 4.78 is 0. The summed E-state index contributed by atoms with van der Waals surface area (Å²) in [6.45, 7) is 0. The van der Waals surface area contributed by atoms with E-state index in [1.165, 1.54) is 32.1 Å². The molecule has 0 unspecified atom stereocenters. The maximum absolute atomic E-state index is 5.78. The van der Waals surface area contributed by atoms with E-state index in [0.717, 1.165) is 35.2 Å². The molecule has 6 heteroatoms. The van der Waals surface area contributed by atoms with Crippen molar-refractivity contribution in [3.05, 3.63) is 24.2 Å². The van der Waals surface area contributed by atoms with E-state index in [0.29, 0.717) is 12.0 Å². The van der Waals surface area contributed by atoms with Crippen LogP contribution in [0.15, 0.2) is 18.5 Å². The predicted octanol–water partition coefficient (Wildman–Crippen LogP) is 2.46. The minimum atomic E-state index is 0.338. The summed E-state index contributed by atoms with van der Waals surface area (Å²) in [6.07, 6.45) is 10.9. The fourth-order valence-electron chi connectivity index (χ4n) is 3.00. The van der Waals surface area contributed by atoms with E-state index >= 15 is 0 Å². The van der Waals surface area contributed by atoms with Gasteiger partial charge in [-0.05, 0) is 50.5 Å². The molecule has 2 N–H and O–H groups in total. The summed E-state index contributed by atoms with van der Waals surface area (Å²) in [7, 11) is 2.08. The van der Waals surface area contributed by atoms with Crippen LogP contribution in [-0.4, -0.2) is 33.0 Å². The third-order valence-electron chi connectivity index (χ3n) is 4.92. The van der Waals surface area contributed by atoms with Crippen molar-refractivity contribution in [1.82, 2.24) is 19.9 Å². The van der Waals surface area contributed by atoms with Crippen LogP contribution < -0.4 is 10.6 Å². The molecular formula is C17H22N6. The molecule has 4 rings (SSSR count). The van der Waals surface area contributed by atoms with E-state index in [9.17, 15) is 0 Å². The number of aromatic nitrogens is 4. The van der Waals surface area contributed by atoms with Crippen molar-refractivity contribution >= 4 is 11.9 Å². The maximum Gasteiger partial charge on any atom is 0.225 e. The third kappa shape index (κ3) is 2.98. The van der Waals surface area contributed by atoms with Gasteiger partial charge in [0, 0.05) is 31.0 Å². The van der Waals surface area contributed by atoms with Crippen molar-refractivity contribution in [2.45, 2.75) is 44.6 Å². The zero-order valence-corrected chi connectivity index (χ0v) is 13.4. The lowest BCUT2D eigenvalue weighted by molar-refractivity contribution is 0.397. The summed E-state index contributed by atoms with van der Waals surface area (Å²) in [6, 6.07) is 2.50. The smallest absolute Gasteiger partial charge is 0.225 e. The van der Waals surface area contributed by atoms with Gasteiger partial charge in [0.05, 0.1) is 11.4 Å². The van der Waals surface area contributed by atoms with Crippen LogP contribution in [0.2, 0.25) is 0 Å². The van der Waals surface area contributed by atoms with Crippen LogP contribution >= 0.6 is 0 Å². The molecule has 120 valence electrons. The first-order valence-electron chi connectivity index (χ1n) is 8.38. The largest absolute Gasteiger partial charge is 0.368 e. The second-order valence-electron chi connectivity index (χ2n) is 6.67. The first kappa shape index (κ1) is 14.4. The zero-order chi connectivity index (χ0) is 15.8. The summed E-state index contributed by atoms with van der Waals surface area (Å²) in [4.78, 5) is 20.0. The van der Waals surface area contributed by atoms with Gasteiger partial charge in [-0.2, -0.15) is 0 Å². The Balaban J connectivity index is 1.66. The first-order valence-corrected chi connectivity index (χ1v) is 8.38. The first-order chi connectivity index (χ1) is 11.2. The minimum absolute atomic E-state index is 0.338. The van der Waals surface area contributed by atoms with Crippen molar-refractivity contribution in [2.75, 3.05) is 17.7 Å². The molecule has 2 fully saturated rings. The molecule has 0 aromatic carbocycles. The Hall–Kier alpha value is -2.24. The van der Waals surface area contributed by atoms with Crippen LogP contribution in [-0.2, 0) is 6.42 Å². The molecule has 2 heterocycles. The second kappa shape index (κ2) is 5.76. The highest BCUT2D eigenvalue weighted by Gasteiger charge is 2.26. The number of nitrogens with zero attached hydrogens (tertiary/aromatic N) is 5. The minimum Gasteiger partial charge on any atom is -0.368 e. The fourth-order valence-corrected chi connectivity index (χ4v) is 3.00. The molecule has 2 aromatic rings. The molecule has 0 aliphatic heterocycles. The Bertz CT molecular complexity index is 708. The van der Waals surface area contributed by atoms with Crippen molar-refractivity contribution in [2.24, 2.45) is 5.92 Å². The number of nitrogens with two attached hydrogens (primary N) is 1. The van der Waals surface area contributed by atoms with Crippen LogP contribution in [0.5, 0.6) is 0 Å². The van der Waals surface area contributed by atoms with E-state index < -0.39 is 0 Å². The molecule has 6 nitrogen and oxygen atoms in total. The number of hydrogen-bond donors (Lipinski definition) is 1. The van der Waals surface area contributed by atoms with Crippen LogP contribution in [0.4, 0.5) is 11.9 Å². The van der Waals surface area contributed by atoms with Crippen molar-refractivity contribution in [3.63, 3.8) is 0 Å². The van der Waals surface area contributed by atoms with Gasteiger partial charge in [0.2, 0.25) is 11.9 Å². The Kier molecular flexibility index (Phi) is 3.59. The van der Waals surface area contributed by atoms with Gasteiger partial charge in [0.1, 0.15) is 0 Å². The van der Waals surface area contributed by atoms with Gasteiger partial charge in [0.25, 0.3) is 0 Å². The molecule has 2 saturated carbocycles. The standard InChI is InChI=1S/C17H22N6/c1-23(12-3-2-4-12)17-19-8-7-14(22-17)13-10-20-16(18)21-15(13)9-11-5-6-11/h7-8,10-12H,2-6,9H2,1H3,(H2,18,20,21). The molecule has 2 aliphatic carbocycles. The summed E-state index contributed by atoms with van der Waals surface area (Å²) in [5, 5.41) is 0. The normalized spacial score (nSPS) is 17.8. The number of rotatable bonds is 5. The van der Waals surface area contributed by atoms with E-state index in [1.807, 2.05) is 12.3 Å². The molecule has 0 atom stereocenters. The Morgan fingerprint density at radius 2 is 2.00 bits per heavy atom. The van der Waals surface area contributed by atoms with Gasteiger partial charge >= 0.3 is 0 Å². The Morgan fingerprint density at radius 3 is 2.70 bits per heavy atom. The average Bonchev–Trinajstić information content (AvgIpc) is 3.30. The number of anilines is 2. The zero-order valence-electron chi connectivity index (χ0n) is 13.4. The monoisotopic (exact) mass is 310 g/mol. The summed E-state index contributed by atoms with van der Waals surface area (Å²) >= 11 is 0. The molecule has 0 saturated heterocycles. The fraction of sp³-hybridized carbons (Fsp3) is 0.529. The van der Waals surface area contributed by atoms with Crippen molar-refractivity contribution < 1.29 is 0 Å². The number of hydrogen-bond acceptors (Lipinski definition) is 6. The highest BCUT2D eigenvalue weighted by atomic mass is 15.3. The SMILES string of the molecule is CN(c1nccc(-c2cnc(N)nc2CC2CC2)n1)C1CCC1. The molecule has 0 radical (unpaired) electrons. The van der Waals surface area contributed by atoms with Gasteiger partial charge < -0.3 is 10.6 Å². The highest BCUT2D eigenvalue weighted by Crippen LogP contribution is 2.35. The predicted molar refractivity (Wildman–Crippen MR) is 89.9 cm³/mol. The molecule has 0 amide bonds. The number of nitrogen functional groups attached to an aromatic ring is 1. The van der Waals surface area contributed by atoms with Gasteiger partial charge in [-0.25, -0.2) is 19.9 Å². The van der Waals surface area contributed by atoms with E-state index in [1.54, 1.807) is 6.20 Å². The average molecular weight is 310 g/mol. The summed E-state index contributed by atoms with van der Waals surface area (Å²) in [5.74, 6) is 1.86. The van der Waals surface area contributed by atoms with Crippen molar-refractivity contribution in [1.29, 1.82) is 0 Å². The van der Waals surface area contributed by atoms with Crippen LogP contribution in [0.25, 0.3) is 11.3 Å². The van der Waals surface area contributed by atoms with Gasteiger partial charge in [-0.1, -0.05) is 0 Å². The maximum atomic E-state index is 5.78. The second-order valence-corrected chi connectivity index (χ2v) is 6.67. The van der Waals surface area contributed by atoms with Crippen LogP contribution in [0, 0.1) is 5.92 Å². The van der Waals surface area contributed by atoms with Crippen LogP contribution in [0.3, 0.4) is 0 Å². The molecule has 0 bridgehead atoms. The summed E-state index contributed by atoms with van der Waals surface area (Å²) in [5.41, 5.74) is 8.66. The highest BCUT2D eigenvalue weighted by molar-refractivity contribution is 5.62. The van der Waals surface area contributed by atoms with E-state index in [2.05, 4.69) is 26.9 Å². The van der Waals surface area contributed by atoms with Crippen LogP contribution in [0.1, 0.15) is 37.8 Å². The van der Waals surface area contributed by atoms with Gasteiger partial charge in [-0.15, -0.1) is 0 Å². The third-order valence-corrected chi connectivity index (χ3v) is 4.92. The lowest BCUT2D eigenvalue weighted by Crippen LogP contribution is -2.38. The molecule has 0 spiro atoms. The topological polar surface area (TPSA) is 80.8 Å². The Labute approximate surface area is 136 Å². The van der Waals surface area contributed by atoms with Gasteiger partial charge in [-0.3, -0.25) is 0 Å². The Morgan fingerprint density at radius 1 is 1.17 bits per heavy atom. The van der Waals surface area contributed by atoms with E-state index in [4.69, 9.17) is 10.7 Å². The quantitative estimate of drug-likeness (QED) is 0.913. The lowest BCUT2D eigenvalue weighted by atomic mass is 9.92. The lowest BCUT2D eigenvalue weighted by Gasteiger charge is -2.34. The molecule has 2 aromatic heterocycles. The molecule has 2 aliphatic rings. The van der Waals surface area contributed by atoms with Crippen molar-refractivity contribution in [3.8, 4) is 11.3 Å². The van der Waals surface area contributed by atoms with E-state index in [-0.39, 0.29) is 0 Å².